The number of rotatable bonds is 2. The fraction of sp³-hybridized carbons (Fsp3) is 0.632. The van der Waals surface area contributed by atoms with Crippen LogP contribution in [0.2, 0.25) is 0 Å². The average molecular weight is 369 g/mol. The molecule has 0 spiro atoms. The first-order valence-corrected chi connectivity index (χ1v) is 9.07. The molecular formula is C19H26ClFN2O2. The fourth-order valence-electron chi connectivity index (χ4n) is 4.74. The van der Waals surface area contributed by atoms with Gasteiger partial charge in [0.2, 0.25) is 5.91 Å². The van der Waals surface area contributed by atoms with Crippen LogP contribution in [-0.4, -0.2) is 43.6 Å². The van der Waals surface area contributed by atoms with E-state index in [0.29, 0.717) is 31.2 Å². The van der Waals surface area contributed by atoms with Crippen molar-refractivity contribution in [1.29, 1.82) is 0 Å². The Labute approximate surface area is 154 Å². The third-order valence-corrected chi connectivity index (χ3v) is 6.07. The second-order valence-corrected chi connectivity index (χ2v) is 7.36. The van der Waals surface area contributed by atoms with Gasteiger partial charge in [-0.15, -0.1) is 12.4 Å². The normalized spacial score (nSPS) is 32.0. The minimum absolute atomic E-state index is 0. The van der Waals surface area contributed by atoms with Gasteiger partial charge in [0.25, 0.3) is 0 Å². The molecule has 2 heterocycles. The molecular weight excluding hydrogens is 343 g/mol. The van der Waals surface area contributed by atoms with Crippen LogP contribution in [0.5, 0.6) is 0 Å². The molecule has 1 unspecified atom stereocenters. The lowest BCUT2D eigenvalue weighted by Gasteiger charge is -2.43. The lowest BCUT2D eigenvalue weighted by Crippen LogP contribution is -2.53. The number of hydrogen-bond donors (Lipinski definition) is 1. The van der Waals surface area contributed by atoms with Gasteiger partial charge in [0.15, 0.2) is 0 Å². The van der Waals surface area contributed by atoms with Crippen LogP contribution in [0.25, 0.3) is 0 Å². The highest BCUT2D eigenvalue weighted by Crippen LogP contribution is 2.45. The first-order chi connectivity index (χ1) is 11.7. The smallest absolute Gasteiger partial charge is 0.230 e. The Morgan fingerprint density at radius 3 is 3.00 bits per heavy atom. The van der Waals surface area contributed by atoms with E-state index >= 15 is 0 Å². The molecule has 1 aromatic carbocycles. The summed E-state index contributed by atoms with van der Waals surface area (Å²) >= 11 is 0. The van der Waals surface area contributed by atoms with Crippen molar-refractivity contribution < 1.29 is 13.9 Å². The Morgan fingerprint density at radius 2 is 2.16 bits per heavy atom. The third kappa shape index (κ3) is 3.29. The summed E-state index contributed by atoms with van der Waals surface area (Å²) in [6.45, 7) is 3.27. The van der Waals surface area contributed by atoms with Crippen LogP contribution in [0, 0.1) is 17.2 Å². The van der Waals surface area contributed by atoms with Crippen molar-refractivity contribution in [2.75, 3.05) is 32.8 Å². The van der Waals surface area contributed by atoms with Gasteiger partial charge in [-0.25, -0.2) is 4.39 Å². The van der Waals surface area contributed by atoms with Crippen LogP contribution < -0.4 is 5.32 Å². The van der Waals surface area contributed by atoms with Crippen molar-refractivity contribution in [2.24, 2.45) is 11.3 Å². The molecule has 4 nitrogen and oxygen atoms in total. The predicted octanol–water partition coefficient (Wildman–Crippen LogP) is 2.93. The van der Waals surface area contributed by atoms with Crippen LogP contribution in [0.1, 0.15) is 37.4 Å². The molecule has 3 aliphatic rings. The number of carbonyl (C=O) groups excluding carboxylic acids is 1. The molecule has 0 radical (unpaired) electrons. The van der Waals surface area contributed by atoms with Crippen LogP contribution in [0.4, 0.5) is 4.39 Å². The van der Waals surface area contributed by atoms with E-state index < -0.39 is 0 Å². The molecule has 1 N–H and O–H groups in total. The summed E-state index contributed by atoms with van der Waals surface area (Å²) in [4.78, 5) is 15.3. The maximum absolute atomic E-state index is 14.1. The molecule has 0 bridgehead atoms. The van der Waals surface area contributed by atoms with Gasteiger partial charge in [0, 0.05) is 18.7 Å². The van der Waals surface area contributed by atoms with Gasteiger partial charge in [-0.05, 0) is 31.4 Å². The van der Waals surface area contributed by atoms with E-state index in [-0.39, 0.29) is 35.7 Å². The second-order valence-electron chi connectivity index (χ2n) is 7.36. The van der Waals surface area contributed by atoms with Gasteiger partial charge in [-0.3, -0.25) is 4.79 Å². The quantitative estimate of drug-likeness (QED) is 0.872. The third-order valence-electron chi connectivity index (χ3n) is 6.07. The highest BCUT2D eigenvalue weighted by Gasteiger charge is 2.51. The lowest BCUT2D eigenvalue weighted by atomic mass is 9.67. The SMILES string of the molecule is Cl.O=C(N1CCOC(c2ccccc2F)C1)[C@@]12CCCC[C@H]1CNC2. The average Bonchev–Trinajstić information content (AvgIpc) is 3.07. The zero-order valence-electron chi connectivity index (χ0n) is 14.4. The summed E-state index contributed by atoms with van der Waals surface area (Å²) in [7, 11) is 0. The van der Waals surface area contributed by atoms with Crippen LogP contribution in [-0.2, 0) is 9.53 Å². The zero-order chi connectivity index (χ0) is 16.6. The molecule has 3 fully saturated rings. The molecule has 2 saturated heterocycles. The monoisotopic (exact) mass is 368 g/mol. The molecule has 1 aliphatic carbocycles. The largest absolute Gasteiger partial charge is 0.370 e. The number of fused-ring (bicyclic) bond motifs is 1. The number of nitrogens with zero attached hydrogens (tertiary/aromatic N) is 1. The van der Waals surface area contributed by atoms with E-state index in [1.165, 1.54) is 12.5 Å². The predicted molar refractivity (Wildman–Crippen MR) is 96.2 cm³/mol. The first-order valence-electron chi connectivity index (χ1n) is 9.07. The number of halogens is 2. The van der Waals surface area contributed by atoms with Crippen molar-refractivity contribution in [3.8, 4) is 0 Å². The minimum atomic E-state index is -0.364. The summed E-state index contributed by atoms with van der Waals surface area (Å²) in [6, 6.07) is 6.71. The van der Waals surface area contributed by atoms with E-state index in [0.717, 1.165) is 32.4 Å². The Hall–Kier alpha value is -1.17. The summed E-state index contributed by atoms with van der Waals surface area (Å²) in [6.07, 6.45) is 4.11. The van der Waals surface area contributed by atoms with Crippen molar-refractivity contribution in [1.82, 2.24) is 10.2 Å². The van der Waals surface area contributed by atoms with Gasteiger partial charge < -0.3 is 15.0 Å². The molecule has 25 heavy (non-hydrogen) atoms. The zero-order valence-corrected chi connectivity index (χ0v) is 15.2. The standard InChI is InChI=1S/C19H25FN2O2.ClH/c20-16-7-2-1-6-15(16)17-12-22(9-10-24-17)18(23)19-8-4-3-5-14(19)11-21-13-19;/h1-2,6-7,14,17,21H,3-5,8-13H2;1H/t14-,17?,19+;/m0./s1. The van der Waals surface area contributed by atoms with E-state index in [1.54, 1.807) is 12.1 Å². The topological polar surface area (TPSA) is 41.6 Å². The number of morpholine rings is 1. The van der Waals surface area contributed by atoms with Gasteiger partial charge in [0.1, 0.15) is 11.9 Å². The van der Waals surface area contributed by atoms with Gasteiger partial charge >= 0.3 is 0 Å². The van der Waals surface area contributed by atoms with Gasteiger partial charge in [0.05, 0.1) is 18.6 Å². The molecule has 1 saturated carbocycles. The number of amides is 1. The highest BCUT2D eigenvalue weighted by atomic mass is 35.5. The van der Waals surface area contributed by atoms with Gasteiger partial charge in [-0.1, -0.05) is 31.0 Å². The summed E-state index contributed by atoms with van der Waals surface area (Å²) < 4.78 is 19.8. The number of hydrogen-bond acceptors (Lipinski definition) is 3. The van der Waals surface area contributed by atoms with Crippen molar-refractivity contribution >= 4 is 18.3 Å². The van der Waals surface area contributed by atoms with E-state index in [1.807, 2.05) is 11.0 Å². The van der Waals surface area contributed by atoms with E-state index in [4.69, 9.17) is 4.74 Å². The maximum Gasteiger partial charge on any atom is 0.230 e. The Balaban J connectivity index is 0.00000182. The molecule has 138 valence electrons. The Bertz CT molecular complexity index is 629. The minimum Gasteiger partial charge on any atom is -0.370 e. The number of ether oxygens (including phenoxy) is 1. The van der Waals surface area contributed by atoms with Crippen molar-refractivity contribution in [2.45, 2.75) is 31.8 Å². The number of nitrogens with one attached hydrogen (secondary N) is 1. The van der Waals surface area contributed by atoms with Crippen LogP contribution in [0.3, 0.4) is 0 Å². The maximum atomic E-state index is 14.1. The fourth-order valence-corrected chi connectivity index (χ4v) is 4.74. The molecule has 2 aliphatic heterocycles. The number of carbonyl (C=O) groups is 1. The molecule has 4 rings (SSSR count). The highest BCUT2D eigenvalue weighted by molar-refractivity contribution is 5.85. The summed E-state index contributed by atoms with van der Waals surface area (Å²) in [5.41, 5.74) is 0.312. The number of benzene rings is 1. The van der Waals surface area contributed by atoms with Gasteiger partial charge in [-0.2, -0.15) is 0 Å². The summed E-state index contributed by atoms with van der Waals surface area (Å²) in [5, 5.41) is 3.44. The van der Waals surface area contributed by atoms with E-state index in [9.17, 15) is 9.18 Å². The van der Waals surface area contributed by atoms with E-state index in [2.05, 4.69) is 5.32 Å². The Morgan fingerprint density at radius 1 is 1.32 bits per heavy atom. The molecule has 0 aromatic heterocycles. The molecule has 1 amide bonds. The molecule has 3 atom stereocenters. The van der Waals surface area contributed by atoms with Crippen LogP contribution in [0.15, 0.2) is 24.3 Å². The first kappa shape index (κ1) is 18.6. The molecule has 6 heteroatoms. The van der Waals surface area contributed by atoms with Crippen molar-refractivity contribution in [3.05, 3.63) is 35.6 Å². The Kier molecular flexibility index (Phi) is 5.66. The van der Waals surface area contributed by atoms with Crippen LogP contribution >= 0.6 is 12.4 Å². The second kappa shape index (κ2) is 7.60. The molecule has 1 aromatic rings. The summed E-state index contributed by atoms with van der Waals surface area (Å²) in [5.74, 6) is 0.448. The van der Waals surface area contributed by atoms with Crippen molar-refractivity contribution in [3.63, 3.8) is 0 Å². The lowest BCUT2D eigenvalue weighted by molar-refractivity contribution is -0.153.